The average molecular weight is 208 g/mol. The summed E-state index contributed by atoms with van der Waals surface area (Å²) in [5, 5.41) is 6.69. The first-order chi connectivity index (χ1) is 6.81. The van der Waals surface area contributed by atoms with Crippen LogP contribution in [0.4, 0.5) is 0 Å². The van der Waals surface area contributed by atoms with E-state index in [2.05, 4.69) is 34.7 Å². The zero-order valence-corrected chi connectivity index (χ0v) is 8.64. The van der Waals surface area contributed by atoms with E-state index in [0.717, 1.165) is 5.56 Å². The van der Waals surface area contributed by atoms with Gasteiger partial charge in [0.25, 0.3) is 0 Å². The van der Waals surface area contributed by atoms with Gasteiger partial charge in [-0.3, -0.25) is 10.9 Å². The van der Waals surface area contributed by atoms with Crippen LogP contribution in [0.2, 0.25) is 0 Å². The van der Waals surface area contributed by atoms with Crippen molar-refractivity contribution in [3.05, 3.63) is 39.8 Å². The molecule has 2 rings (SSSR count). The minimum absolute atomic E-state index is 0.0347. The van der Waals surface area contributed by atoms with Crippen LogP contribution in [0.25, 0.3) is 0 Å². The number of aromatic amines is 1. The topological polar surface area (TPSA) is 66.7 Å². The largest absolute Gasteiger partial charge is 0.285 e. The van der Waals surface area contributed by atoms with E-state index >= 15 is 0 Å². The highest BCUT2D eigenvalue weighted by Gasteiger charge is 2.14. The third kappa shape index (κ3) is 1.70. The average Bonchev–Trinajstić information content (AvgIpc) is 2.79. The molecule has 0 amide bonds. The fraction of sp³-hybridized carbons (Fsp3) is 0.222. The Morgan fingerprint density at radius 2 is 2.43 bits per heavy atom. The van der Waals surface area contributed by atoms with Crippen LogP contribution in [-0.4, -0.2) is 10.2 Å². The first kappa shape index (κ1) is 9.39. The molecule has 4 nitrogen and oxygen atoms in total. The van der Waals surface area contributed by atoms with E-state index in [4.69, 9.17) is 5.84 Å². The van der Waals surface area contributed by atoms with Gasteiger partial charge in [-0.25, -0.2) is 5.43 Å². The lowest BCUT2D eigenvalue weighted by molar-refractivity contribution is 0.647. The van der Waals surface area contributed by atoms with Crippen LogP contribution >= 0.6 is 11.3 Å². The number of aryl methyl sites for hydroxylation is 1. The van der Waals surface area contributed by atoms with E-state index in [1.54, 1.807) is 17.5 Å². The molecule has 1 unspecified atom stereocenters. The first-order valence-electron chi connectivity index (χ1n) is 4.32. The lowest BCUT2D eigenvalue weighted by Gasteiger charge is -2.11. The minimum atomic E-state index is 0.0347. The predicted octanol–water partition coefficient (Wildman–Crippen LogP) is 1.33. The molecule has 2 aromatic rings. The Morgan fingerprint density at radius 3 is 2.93 bits per heavy atom. The van der Waals surface area contributed by atoms with Gasteiger partial charge in [0.2, 0.25) is 0 Å². The van der Waals surface area contributed by atoms with Crippen LogP contribution in [-0.2, 0) is 0 Å². The minimum Gasteiger partial charge on any atom is -0.285 e. The van der Waals surface area contributed by atoms with Crippen molar-refractivity contribution in [3.8, 4) is 0 Å². The molecule has 2 aromatic heterocycles. The smallest absolute Gasteiger partial charge is 0.0832 e. The van der Waals surface area contributed by atoms with Gasteiger partial charge in [0, 0.05) is 21.5 Å². The Balaban J connectivity index is 2.31. The monoisotopic (exact) mass is 208 g/mol. The highest BCUT2D eigenvalue weighted by atomic mass is 32.1. The molecule has 14 heavy (non-hydrogen) atoms. The Hall–Kier alpha value is -1.17. The fourth-order valence-corrected chi connectivity index (χ4v) is 2.34. The number of H-pyrrole nitrogens is 1. The summed E-state index contributed by atoms with van der Waals surface area (Å²) in [4.78, 5) is 2.48. The summed E-state index contributed by atoms with van der Waals surface area (Å²) >= 11 is 1.73. The van der Waals surface area contributed by atoms with E-state index in [1.807, 2.05) is 6.20 Å². The molecule has 4 N–H and O–H groups in total. The fourth-order valence-electron chi connectivity index (χ4n) is 1.37. The maximum atomic E-state index is 5.52. The molecule has 0 spiro atoms. The second kappa shape index (κ2) is 3.91. The molecule has 0 bridgehead atoms. The number of hydrogen-bond donors (Lipinski definition) is 3. The van der Waals surface area contributed by atoms with E-state index in [9.17, 15) is 0 Å². The van der Waals surface area contributed by atoms with Crippen LogP contribution in [0.5, 0.6) is 0 Å². The Kier molecular flexibility index (Phi) is 2.62. The van der Waals surface area contributed by atoms with Crippen molar-refractivity contribution in [2.24, 2.45) is 5.84 Å². The molecular formula is C9H12N4S. The zero-order valence-electron chi connectivity index (χ0n) is 7.82. The number of nitrogens with two attached hydrogens (primary N) is 1. The highest BCUT2D eigenvalue weighted by Crippen LogP contribution is 2.26. The summed E-state index contributed by atoms with van der Waals surface area (Å²) in [5.41, 5.74) is 3.83. The van der Waals surface area contributed by atoms with Crippen LogP contribution in [0.1, 0.15) is 21.4 Å². The number of hydrazine groups is 1. The number of hydrogen-bond acceptors (Lipinski definition) is 4. The summed E-state index contributed by atoms with van der Waals surface area (Å²) in [6.07, 6.45) is 3.62. The Bertz CT molecular complexity index is 393. The van der Waals surface area contributed by atoms with Crippen molar-refractivity contribution in [2.45, 2.75) is 13.0 Å². The number of aromatic nitrogens is 2. The first-order valence-corrected chi connectivity index (χ1v) is 5.14. The van der Waals surface area contributed by atoms with Crippen LogP contribution in [0, 0.1) is 6.92 Å². The normalized spacial score (nSPS) is 13.0. The van der Waals surface area contributed by atoms with Gasteiger partial charge >= 0.3 is 0 Å². The van der Waals surface area contributed by atoms with Gasteiger partial charge in [0.05, 0.1) is 12.2 Å². The Labute approximate surface area is 86.1 Å². The highest BCUT2D eigenvalue weighted by molar-refractivity contribution is 7.12. The van der Waals surface area contributed by atoms with Gasteiger partial charge in [-0.05, 0) is 19.1 Å². The summed E-state index contributed by atoms with van der Waals surface area (Å²) in [7, 11) is 0. The van der Waals surface area contributed by atoms with Gasteiger partial charge in [-0.2, -0.15) is 5.10 Å². The maximum absolute atomic E-state index is 5.52. The van der Waals surface area contributed by atoms with Gasteiger partial charge in [-0.15, -0.1) is 11.3 Å². The molecule has 0 aliphatic heterocycles. The molecule has 74 valence electrons. The molecule has 0 saturated heterocycles. The SMILES string of the molecule is Cc1ccc(C(NN)c2cn[nH]c2)s1. The van der Waals surface area contributed by atoms with E-state index in [1.165, 1.54) is 9.75 Å². The van der Waals surface area contributed by atoms with Gasteiger partial charge in [0.15, 0.2) is 0 Å². The molecular weight excluding hydrogens is 196 g/mol. The van der Waals surface area contributed by atoms with Crippen molar-refractivity contribution < 1.29 is 0 Å². The van der Waals surface area contributed by atoms with Crippen LogP contribution in [0.3, 0.4) is 0 Å². The second-order valence-corrected chi connectivity index (χ2v) is 4.40. The maximum Gasteiger partial charge on any atom is 0.0832 e. The molecule has 5 heteroatoms. The van der Waals surface area contributed by atoms with Crippen molar-refractivity contribution in [2.75, 3.05) is 0 Å². The van der Waals surface area contributed by atoms with Crippen LogP contribution in [0.15, 0.2) is 24.5 Å². The number of nitrogens with zero attached hydrogens (tertiary/aromatic N) is 1. The van der Waals surface area contributed by atoms with E-state index < -0.39 is 0 Å². The molecule has 0 saturated carbocycles. The lowest BCUT2D eigenvalue weighted by Crippen LogP contribution is -2.27. The zero-order chi connectivity index (χ0) is 9.97. The van der Waals surface area contributed by atoms with E-state index in [0.29, 0.717) is 0 Å². The summed E-state index contributed by atoms with van der Waals surface area (Å²) in [6, 6.07) is 4.20. The summed E-state index contributed by atoms with van der Waals surface area (Å²) < 4.78 is 0. The third-order valence-electron chi connectivity index (χ3n) is 2.07. The molecule has 0 aliphatic rings. The van der Waals surface area contributed by atoms with Crippen molar-refractivity contribution in [1.29, 1.82) is 0 Å². The summed E-state index contributed by atoms with van der Waals surface area (Å²) in [6.45, 7) is 2.08. The number of nitrogens with one attached hydrogen (secondary N) is 2. The van der Waals surface area contributed by atoms with Gasteiger partial charge < -0.3 is 0 Å². The molecule has 0 fully saturated rings. The van der Waals surface area contributed by atoms with E-state index in [-0.39, 0.29) is 6.04 Å². The summed E-state index contributed by atoms with van der Waals surface area (Å²) in [5.74, 6) is 5.52. The third-order valence-corrected chi connectivity index (χ3v) is 3.13. The predicted molar refractivity (Wildman–Crippen MR) is 56.8 cm³/mol. The quantitative estimate of drug-likeness (QED) is 0.526. The van der Waals surface area contributed by atoms with Gasteiger partial charge in [-0.1, -0.05) is 0 Å². The second-order valence-electron chi connectivity index (χ2n) is 3.08. The lowest BCUT2D eigenvalue weighted by atomic mass is 10.1. The van der Waals surface area contributed by atoms with Crippen LogP contribution < -0.4 is 11.3 Å². The van der Waals surface area contributed by atoms with Crippen molar-refractivity contribution >= 4 is 11.3 Å². The van der Waals surface area contributed by atoms with Crippen molar-refractivity contribution in [1.82, 2.24) is 15.6 Å². The Morgan fingerprint density at radius 1 is 1.57 bits per heavy atom. The number of thiophene rings is 1. The van der Waals surface area contributed by atoms with Crippen molar-refractivity contribution in [3.63, 3.8) is 0 Å². The van der Waals surface area contributed by atoms with Gasteiger partial charge in [0.1, 0.15) is 0 Å². The molecule has 0 radical (unpaired) electrons. The molecule has 0 aliphatic carbocycles. The number of rotatable bonds is 3. The molecule has 0 aromatic carbocycles. The molecule has 1 atom stereocenters. The molecule has 2 heterocycles. The standard InChI is InChI=1S/C9H12N4S/c1-6-2-3-8(14-6)9(13-10)7-4-11-12-5-7/h2-5,9,13H,10H2,1H3,(H,11,12).